The van der Waals surface area contributed by atoms with Gasteiger partial charge in [-0.1, -0.05) is 19.8 Å². The van der Waals surface area contributed by atoms with E-state index in [1.807, 2.05) is 0 Å². The molecule has 16 heavy (non-hydrogen) atoms. The van der Waals surface area contributed by atoms with Crippen molar-refractivity contribution in [3.63, 3.8) is 0 Å². The molecule has 0 unspecified atom stereocenters. The first kappa shape index (κ1) is 14.8. The molecule has 4 nitrogen and oxygen atoms in total. The van der Waals surface area contributed by atoms with Crippen LogP contribution in [0, 0.1) is 18.3 Å². The van der Waals surface area contributed by atoms with Gasteiger partial charge in [0.05, 0.1) is 6.54 Å². The van der Waals surface area contributed by atoms with E-state index in [0.29, 0.717) is 12.5 Å². The van der Waals surface area contributed by atoms with E-state index in [4.69, 9.17) is 11.2 Å². The second-order valence-electron chi connectivity index (χ2n) is 3.88. The van der Waals surface area contributed by atoms with Crippen molar-refractivity contribution in [3.8, 4) is 12.3 Å². The standard InChI is InChI=1S/C12H23N3O/c1-5-7-14-12(13-4)15-8-6-9-16-10-11(2)3/h1,11H,6-10H2,2-4H3,(H2,13,14,15). The lowest BCUT2D eigenvalue weighted by atomic mass is 10.2. The summed E-state index contributed by atoms with van der Waals surface area (Å²) in [6.45, 7) is 7.21. The highest BCUT2D eigenvalue weighted by Gasteiger charge is 1.96. The molecule has 0 aliphatic rings. The number of ether oxygens (including phenoxy) is 1. The van der Waals surface area contributed by atoms with Gasteiger partial charge in [0.1, 0.15) is 0 Å². The van der Waals surface area contributed by atoms with Crippen LogP contribution in [-0.4, -0.2) is 39.3 Å². The number of hydrogen-bond donors (Lipinski definition) is 2. The number of aliphatic imine (C=N–C) groups is 1. The van der Waals surface area contributed by atoms with Crippen LogP contribution in [0.2, 0.25) is 0 Å². The molecule has 0 amide bonds. The zero-order valence-electron chi connectivity index (χ0n) is 10.5. The molecule has 0 aliphatic heterocycles. The first-order chi connectivity index (χ1) is 7.70. The van der Waals surface area contributed by atoms with Gasteiger partial charge in [0.25, 0.3) is 0 Å². The van der Waals surface area contributed by atoms with Crippen LogP contribution in [0.4, 0.5) is 0 Å². The van der Waals surface area contributed by atoms with E-state index in [-0.39, 0.29) is 0 Å². The van der Waals surface area contributed by atoms with Crippen molar-refractivity contribution in [1.29, 1.82) is 0 Å². The van der Waals surface area contributed by atoms with Crippen molar-refractivity contribution in [3.05, 3.63) is 0 Å². The van der Waals surface area contributed by atoms with Crippen molar-refractivity contribution in [1.82, 2.24) is 10.6 Å². The number of rotatable bonds is 7. The van der Waals surface area contributed by atoms with Crippen molar-refractivity contribution >= 4 is 5.96 Å². The van der Waals surface area contributed by atoms with E-state index < -0.39 is 0 Å². The summed E-state index contributed by atoms with van der Waals surface area (Å²) < 4.78 is 5.46. The monoisotopic (exact) mass is 225 g/mol. The Hall–Kier alpha value is -1.21. The molecule has 4 heteroatoms. The zero-order valence-corrected chi connectivity index (χ0v) is 10.5. The highest BCUT2D eigenvalue weighted by atomic mass is 16.5. The average Bonchev–Trinajstić information content (AvgIpc) is 2.26. The van der Waals surface area contributed by atoms with E-state index in [2.05, 4.69) is 35.4 Å². The summed E-state index contributed by atoms with van der Waals surface area (Å²) >= 11 is 0. The smallest absolute Gasteiger partial charge is 0.191 e. The van der Waals surface area contributed by atoms with Crippen LogP contribution >= 0.6 is 0 Å². The van der Waals surface area contributed by atoms with Crippen LogP contribution in [0.25, 0.3) is 0 Å². The molecular formula is C12H23N3O. The summed E-state index contributed by atoms with van der Waals surface area (Å²) in [5.74, 6) is 3.83. The molecular weight excluding hydrogens is 202 g/mol. The molecule has 0 fully saturated rings. The Bertz CT molecular complexity index is 231. The molecule has 0 spiro atoms. The third kappa shape index (κ3) is 9.35. The zero-order chi connectivity index (χ0) is 12.2. The molecule has 0 aromatic rings. The minimum Gasteiger partial charge on any atom is -0.381 e. The van der Waals surface area contributed by atoms with Crippen molar-refractivity contribution in [2.24, 2.45) is 10.9 Å². The first-order valence-electron chi connectivity index (χ1n) is 5.66. The number of nitrogens with zero attached hydrogens (tertiary/aromatic N) is 1. The summed E-state index contributed by atoms with van der Waals surface area (Å²) in [5.41, 5.74) is 0. The lowest BCUT2D eigenvalue weighted by Crippen LogP contribution is -2.38. The molecule has 0 rings (SSSR count). The Morgan fingerprint density at radius 1 is 1.44 bits per heavy atom. The second kappa shape index (κ2) is 10.3. The second-order valence-corrected chi connectivity index (χ2v) is 3.88. The summed E-state index contributed by atoms with van der Waals surface area (Å²) in [5, 5.41) is 6.15. The maximum absolute atomic E-state index is 5.46. The molecule has 0 radical (unpaired) electrons. The van der Waals surface area contributed by atoms with Gasteiger partial charge in [-0.15, -0.1) is 6.42 Å². The predicted molar refractivity (Wildman–Crippen MR) is 68.5 cm³/mol. The Morgan fingerprint density at radius 2 is 2.19 bits per heavy atom. The van der Waals surface area contributed by atoms with Crippen LogP contribution in [-0.2, 0) is 4.74 Å². The molecule has 0 atom stereocenters. The van der Waals surface area contributed by atoms with Gasteiger partial charge in [-0.05, 0) is 12.3 Å². The fourth-order valence-electron chi connectivity index (χ4n) is 1.06. The van der Waals surface area contributed by atoms with E-state index in [1.165, 1.54) is 0 Å². The van der Waals surface area contributed by atoms with Crippen LogP contribution in [0.3, 0.4) is 0 Å². The molecule has 0 heterocycles. The lowest BCUT2D eigenvalue weighted by Gasteiger charge is -2.10. The Balaban J connectivity index is 3.39. The van der Waals surface area contributed by atoms with Gasteiger partial charge in [-0.3, -0.25) is 4.99 Å². The van der Waals surface area contributed by atoms with E-state index >= 15 is 0 Å². The largest absolute Gasteiger partial charge is 0.381 e. The van der Waals surface area contributed by atoms with Gasteiger partial charge in [-0.2, -0.15) is 0 Å². The predicted octanol–water partition coefficient (Wildman–Crippen LogP) is 0.847. The molecule has 0 aliphatic carbocycles. The molecule has 2 N–H and O–H groups in total. The first-order valence-corrected chi connectivity index (χ1v) is 5.66. The molecule has 0 saturated carbocycles. The fraction of sp³-hybridized carbons (Fsp3) is 0.750. The van der Waals surface area contributed by atoms with Crippen molar-refractivity contribution in [2.75, 3.05) is 33.4 Å². The minimum absolute atomic E-state index is 0.490. The summed E-state index contributed by atoms with van der Waals surface area (Å²) in [4.78, 5) is 4.03. The maximum Gasteiger partial charge on any atom is 0.191 e. The van der Waals surface area contributed by atoms with Crippen LogP contribution in [0.1, 0.15) is 20.3 Å². The Labute approximate surface area is 98.9 Å². The van der Waals surface area contributed by atoms with Gasteiger partial charge in [-0.25, -0.2) is 0 Å². The molecule has 0 bridgehead atoms. The summed E-state index contributed by atoms with van der Waals surface area (Å²) in [6, 6.07) is 0. The normalized spacial score (nSPS) is 11.3. The molecule has 0 saturated heterocycles. The molecule has 0 aromatic heterocycles. The van der Waals surface area contributed by atoms with Crippen molar-refractivity contribution in [2.45, 2.75) is 20.3 Å². The molecule has 92 valence electrons. The number of terminal acetylenes is 1. The van der Waals surface area contributed by atoms with Gasteiger partial charge in [0.2, 0.25) is 0 Å². The van der Waals surface area contributed by atoms with Crippen LogP contribution < -0.4 is 10.6 Å². The van der Waals surface area contributed by atoms with Gasteiger partial charge < -0.3 is 15.4 Å². The van der Waals surface area contributed by atoms with Gasteiger partial charge in [0, 0.05) is 26.8 Å². The third-order valence-electron chi connectivity index (χ3n) is 1.79. The maximum atomic E-state index is 5.46. The summed E-state index contributed by atoms with van der Waals surface area (Å²) in [6.07, 6.45) is 6.10. The highest BCUT2D eigenvalue weighted by Crippen LogP contribution is 1.92. The van der Waals surface area contributed by atoms with Gasteiger partial charge >= 0.3 is 0 Å². The van der Waals surface area contributed by atoms with Crippen LogP contribution in [0.5, 0.6) is 0 Å². The van der Waals surface area contributed by atoms with Gasteiger partial charge in [0.15, 0.2) is 5.96 Å². The topological polar surface area (TPSA) is 45.7 Å². The highest BCUT2D eigenvalue weighted by molar-refractivity contribution is 5.79. The Kier molecular flexibility index (Phi) is 9.53. The number of nitrogens with one attached hydrogen (secondary N) is 2. The van der Waals surface area contributed by atoms with Crippen molar-refractivity contribution < 1.29 is 4.74 Å². The van der Waals surface area contributed by atoms with E-state index in [9.17, 15) is 0 Å². The average molecular weight is 225 g/mol. The Morgan fingerprint density at radius 3 is 2.75 bits per heavy atom. The van der Waals surface area contributed by atoms with E-state index in [1.54, 1.807) is 7.05 Å². The van der Waals surface area contributed by atoms with Crippen LogP contribution in [0.15, 0.2) is 4.99 Å². The molecule has 0 aromatic carbocycles. The number of hydrogen-bond acceptors (Lipinski definition) is 2. The number of guanidine groups is 1. The fourth-order valence-corrected chi connectivity index (χ4v) is 1.06. The SMILES string of the molecule is C#CCNC(=NC)NCCCOCC(C)C. The minimum atomic E-state index is 0.490. The quantitative estimate of drug-likeness (QED) is 0.292. The lowest BCUT2D eigenvalue weighted by molar-refractivity contribution is 0.108. The summed E-state index contributed by atoms with van der Waals surface area (Å²) in [7, 11) is 1.72. The van der Waals surface area contributed by atoms with E-state index in [0.717, 1.165) is 32.1 Å². The third-order valence-corrected chi connectivity index (χ3v) is 1.79.